The van der Waals surface area contributed by atoms with Crippen molar-refractivity contribution in [3.05, 3.63) is 84.4 Å². The number of benzene rings is 3. The monoisotopic (exact) mass is 463 g/mol. The zero-order valence-corrected chi connectivity index (χ0v) is 17.2. The molecule has 0 aliphatic heterocycles. The number of nitrogens with zero attached hydrogens (tertiary/aromatic N) is 1. The molecule has 0 N–H and O–H groups in total. The lowest BCUT2D eigenvalue weighted by Gasteiger charge is -2.14. The van der Waals surface area contributed by atoms with E-state index in [1.165, 1.54) is 42.5 Å². The Bertz CT molecular complexity index is 1330. The topological polar surface area (TPSA) is 60.2 Å². The zero-order chi connectivity index (χ0) is 22.2. The third kappa shape index (κ3) is 4.50. The summed E-state index contributed by atoms with van der Waals surface area (Å²) in [6.07, 6.45) is -4.56. The van der Waals surface area contributed by atoms with Crippen LogP contribution in [0.2, 0.25) is 0 Å². The minimum atomic E-state index is -4.56. The van der Waals surface area contributed by atoms with Gasteiger partial charge in [0.15, 0.2) is 5.76 Å². The normalized spacial score (nSPS) is 12.1. The molecule has 0 spiro atoms. The van der Waals surface area contributed by atoms with Crippen LogP contribution in [0.1, 0.15) is 5.56 Å². The molecule has 0 saturated carbocycles. The maximum Gasteiger partial charge on any atom is 0.417 e. The van der Waals surface area contributed by atoms with Crippen molar-refractivity contribution in [2.24, 2.45) is 0 Å². The number of alkyl halides is 3. The van der Waals surface area contributed by atoms with Crippen LogP contribution in [0.25, 0.3) is 33.7 Å². The van der Waals surface area contributed by atoms with Crippen LogP contribution in [0.5, 0.6) is 0 Å². The van der Waals surface area contributed by atoms with E-state index in [9.17, 15) is 21.6 Å². The summed E-state index contributed by atoms with van der Waals surface area (Å²) in [5, 5.41) is 3.89. The molecular formula is C22H13ClF3NO3S. The van der Waals surface area contributed by atoms with Crippen LogP contribution in [0.3, 0.4) is 0 Å². The molecule has 4 aromatic rings. The molecule has 0 amide bonds. The second kappa shape index (κ2) is 7.86. The second-order valence-electron chi connectivity index (χ2n) is 6.66. The molecule has 1 aromatic heterocycles. The lowest BCUT2D eigenvalue weighted by atomic mass is 9.96. The predicted molar refractivity (Wildman–Crippen MR) is 111 cm³/mol. The summed E-state index contributed by atoms with van der Waals surface area (Å²) < 4.78 is 69.1. The van der Waals surface area contributed by atoms with Crippen LogP contribution >= 0.6 is 10.7 Å². The van der Waals surface area contributed by atoms with Crippen LogP contribution in [-0.4, -0.2) is 13.6 Å². The van der Waals surface area contributed by atoms with E-state index in [1.807, 2.05) is 0 Å². The summed E-state index contributed by atoms with van der Waals surface area (Å²) in [5.74, 6) is 0.147. The van der Waals surface area contributed by atoms with Crippen LogP contribution in [0.15, 0.2) is 88.3 Å². The van der Waals surface area contributed by atoms with Crippen molar-refractivity contribution >= 4 is 19.7 Å². The Hall–Kier alpha value is -3.10. The number of hydrogen-bond acceptors (Lipinski definition) is 4. The van der Waals surface area contributed by atoms with Crippen molar-refractivity contribution in [3.63, 3.8) is 0 Å². The van der Waals surface area contributed by atoms with Crippen molar-refractivity contribution in [1.82, 2.24) is 5.16 Å². The molecule has 4 rings (SSSR count). The van der Waals surface area contributed by atoms with Gasteiger partial charge in [0, 0.05) is 27.9 Å². The second-order valence-corrected chi connectivity index (χ2v) is 9.23. The lowest BCUT2D eigenvalue weighted by molar-refractivity contribution is -0.137. The van der Waals surface area contributed by atoms with Crippen molar-refractivity contribution in [3.8, 4) is 33.7 Å². The van der Waals surface area contributed by atoms with E-state index in [1.54, 1.807) is 30.3 Å². The van der Waals surface area contributed by atoms with Crippen molar-refractivity contribution in [2.45, 2.75) is 11.1 Å². The molecule has 4 nitrogen and oxygen atoms in total. The van der Waals surface area contributed by atoms with Crippen LogP contribution in [-0.2, 0) is 15.2 Å². The van der Waals surface area contributed by atoms with Gasteiger partial charge in [-0.15, -0.1) is 0 Å². The van der Waals surface area contributed by atoms with E-state index in [4.69, 9.17) is 15.2 Å². The average Bonchev–Trinajstić information content (AvgIpc) is 3.23. The van der Waals surface area contributed by atoms with Gasteiger partial charge in [0.25, 0.3) is 9.05 Å². The van der Waals surface area contributed by atoms with E-state index < -0.39 is 20.8 Å². The minimum absolute atomic E-state index is 0.0643. The number of rotatable bonds is 4. The van der Waals surface area contributed by atoms with E-state index in [-0.39, 0.29) is 21.8 Å². The summed E-state index contributed by atoms with van der Waals surface area (Å²) in [6, 6.07) is 19.3. The van der Waals surface area contributed by atoms with Gasteiger partial charge in [-0.25, -0.2) is 8.42 Å². The third-order valence-electron chi connectivity index (χ3n) is 4.64. The Labute approximate surface area is 180 Å². The van der Waals surface area contributed by atoms with Crippen molar-refractivity contribution in [1.29, 1.82) is 0 Å². The van der Waals surface area contributed by atoms with E-state index >= 15 is 0 Å². The molecule has 1 heterocycles. The molecule has 0 radical (unpaired) electrons. The van der Waals surface area contributed by atoms with E-state index in [0.717, 1.165) is 6.07 Å². The Morgan fingerprint density at radius 2 is 1.45 bits per heavy atom. The fraction of sp³-hybridized carbons (Fsp3) is 0.0455. The Morgan fingerprint density at radius 1 is 0.806 bits per heavy atom. The Morgan fingerprint density at radius 3 is 2.06 bits per heavy atom. The fourth-order valence-corrected chi connectivity index (χ4v) is 3.91. The van der Waals surface area contributed by atoms with Gasteiger partial charge in [-0.2, -0.15) is 13.2 Å². The molecular weight excluding hydrogens is 451 g/mol. The molecule has 0 fully saturated rings. The highest BCUT2D eigenvalue weighted by Gasteiger charge is 2.34. The third-order valence-corrected chi connectivity index (χ3v) is 6.01. The van der Waals surface area contributed by atoms with Crippen LogP contribution < -0.4 is 0 Å². The summed E-state index contributed by atoms with van der Waals surface area (Å²) in [5.41, 5.74) is 0.810. The van der Waals surface area contributed by atoms with Crippen molar-refractivity contribution in [2.75, 3.05) is 0 Å². The predicted octanol–water partition coefficient (Wildman–Crippen LogP) is 6.62. The molecule has 158 valence electrons. The molecule has 31 heavy (non-hydrogen) atoms. The van der Waals surface area contributed by atoms with Gasteiger partial charge in [0.1, 0.15) is 5.69 Å². The van der Waals surface area contributed by atoms with Gasteiger partial charge >= 0.3 is 6.18 Å². The number of halogens is 4. The van der Waals surface area contributed by atoms with Gasteiger partial charge in [-0.3, -0.25) is 0 Å². The van der Waals surface area contributed by atoms with Gasteiger partial charge in [-0.1, -0.05) is 59.8 Å². The standard InChI is InChI=1S/C22H13ClF3NO3S/c23-31(28,29)17-9-6-15(7-10-17)20-13-21(30-27-20)16-8-11-18(14-4-2-1-3-5-14)19(12-16)22(24,25)26/h1-13H. The average molecular weight is 464 g/mol. The molecule has 0 unspecified atom stereocenters. The first-order valence-corrected chi connectivity index (χ1v) is 11.2. The van der Waals surface area contributed by atoms with E-state index in [0.29, 0.717) is 16.8 Å². The maximum atomic E-state index is 13.7. The first-order valence-electron chi connectivity index (χ1n) is 8.92. The zero-order valence-electron chi connectivity index (χ0n) is 15.6. The molecule has 0 atom stereocenters. The largest absolute Gasteiger partial charge is 0.417 e. The lowest BCUT2D eigenvalue weighted by Crippen LogP contribution is -2.07. The van der Waals surface area contributed by atoms with Gasteiger partial charge < -0.3 is 4.52 Å². The highest BCUT2D eigenvalue weighted by atomic mass is 35.7. The van der Waals surface area contributed by atoms with Crippen LogP contribution in [0.4, 0.5) is 13.2 Å². The smallest absolute Gasteiger partial charge is 0.356 e. The van der Waals surface area contributed by atoms with Gasteiger partial charge in [0.05, 0.1) is 10.5 Å². The van der Waals surface area contributed by atoms with Crippen molar-refractivity contribution < 1.29 is 26.1 Å². The van der Waals surface area contributed by atoms with E-state index in [2.05, 4.69) is 5.16 Å². The molecule has 0 saturated heterocycles. The molecule has 0 aliphatic rings. The molecule has 0 bridgehead atoms. The highest BCUT2D eigenvalue weighted by molar-refractivity contribution is 8.13. The van der Waals surface area contributed by atoms with Crippen LogP contribution in [0, 0.1) is 0 Å². The highest BCUT2D eigenvalue weighted by Crippen LogP contribution is 2.40. The maximum absolute atomic E-state index is 13.7. The Balaban J connectivity index is 1.72. The fourth-order valence-electron chi connectivity index (χ4n) is 3.14. The van der Waals surface area contributed by atoms with Gasteiger partial charge in [-0.05, 0) is 29.3 Å². The molecule has 0 aliphatic carbocycles. The van der Waals surface area contributed by atoms with Gasteiger partial charge in [0.2, 0.25) is 0 Å². The number of hydrogen-bond donors (Lipinski definition) is 0. The first kappa shape index (κ1) is 21.1. The quantitative estimate of drug-likeness (QED) is 0.319. The number of aromatic nitrogens is 1. The summed E-state index contributed by atoms with van der Waals surface area (Å²) in [6.45, 7) is 0. The first-order chi connectivity index (χ1) is 14.6. The molecule has 9 heteroatoms. The Kier molecular flexibility index (Phi) is 5.36. The summed E-state index contributed by atoms with van der Waals surface area (Å²) in [4.78, 5) is -0.0760. The summed E-state index contributed by atoms with van der Waals surface area (Å²) >= 11 is 0. The SMILES string of the molecule is O=S(=O)(Cl)c1ccc(-c2cc(-c3ccc(-c4ccccc4)c(C(F)(F)F)c3)on2)cc1. The summed E-state index contributed by atoms with van der Waals surface area (Å²) in [7, 11) is 1.43. The minimum Gasteiger partial charge on any atom is -0.356 e. The molecule has 3 aromatic carbocycles.